The lowest BCUT2D eigenvalue weighted by Gasteiger charge is -2.24. The fourth-order valence-corrected chi connectivity index (χ4v) is 9.50. The van der Waals surface area contributed by atoms with E-state index >= 15 is 0 Å². The van der Waals surface area contributed by atoms with Crippen LogP contribution in [0.15, 0.2) is 158 Å². The van der Waals surface area contributed by atoms with E-state index < -0.39 is 0 Å². The third-order valence-electron chi connectivity index (χ3n) is 11.3. The van der Waals surface area contributed by atoms with Crippen LogP contribution in [0.2, 0.25) is 0 Å². The summed E-state index contributed by atoms with van der Waals surface area (Å²) in [5.74, 6) is 0. The summed E-state index contributed by atoms with van der Waals surface area (Å²) in [4.78, 5) is 0. The molecule has 0 spiro atoms. The van der Waals surface area contributed by atoms with Crippen molar-refractivity contribution < 1.29 is 0 Å². The topological polar surface area (TPSA) is 0 Å². The monoisotopic (exact) mass is 602 g/mol. The Balaban J connectivity index is 1.35. The van der Waals surface area contributed by atoms with E-state index in [4.69, 9.17) is 0 Å². The highest BCUT2D eigenvalue weighted by Crippen LogP contribution is 2.54. The maximum absolute atomic E-state index is 2.41. The average molecular weight is 603 g/mol. The molecule has 0 fully saturated rings. The zero-order chi connectivity index (χ0) is 31.1. The van der Waals surface area contributed by atoms with Gasteiger partial charge in [0, 0.05) is 0 Å². The molecule has 0 bridgehead atoms. The van der Waals surface area contributed by atoms with E-state index in [1.807, 2.05) is 0 Å². The molecule has 0 aliphatic carbocycles. The smallest absolute Gasteiger partial charge is 0.000718 e. The molecule has 0 amide bonds. The number of fused-ring (bicyclic) bond motifs is 8. The van der Waals surface area contributed by atoms with Gasteiger partial charge >= 0.3 is 0 Å². The van der Waals surface area contributed by atoms with Crippen LogP contribution >= 0.6 is 0 Å². The Morgan fingerprint density at radius 1 is 0.167 bits per heavy atom. The van der Waals surface area contributed by atoms with E-state index in [1.165, 1.54) is 119 Å². The van der Waals surface area contributed by atoms with Gasteiger partial charge in [0.2, 0.25) is 0 Å². The molecule has 48 heavy (non-hydrogen) atoms. The SMILES string of the molecule is c1ccc(-c2ccccc2-c2cccc3c4ccc5c6cccc7c8ccccc8c8ccc9c%10cccc(c23)c%10c4c5c9c8c76)cc1. The number of rotatable bonds is 2. The third-order valence-corrected chi connectivity index (χ3v) is 11.3. The number of benzene rings is 12. The molecule has 0 aromatic heterocycles. The summed E-state index contributed by atoms with van der Waals surface area (Å²) in [6.45, 7) is 0. The molecule has 0 radical (unpaired) electrons. The third kappa shape index (κ3) is 2.89. The van der Waals surface area contributed by atoms with Crippen LogP contribution in [0.3, 0.4) is 0 Å². The minimum atomic E-state index is 1.24. The first-order valence-electron chi connectivity index (χ1n) is 16.9. The molecule has 12 rings (SSSR count). The first kappa shape index (κ1) is 24.9. The lowest BCUT2D eigenvalue weighted by atomic mass is 9.78. The molecule has 0 heterocycles. The van der Waals surface area contributed by atoms with Gasteiger partial charge in [-0.3, -0.25) is 0 Å². The Hall–Kier alpha value is -6.24. The quantitative estimate of drug-likeness (QED) is 0.136. The molecule has 0 aliphatic rings. The van der Waals surface area contributed by atoms with E-state index in [9.17, 15) is 0 Å². The average Bonchev–Trinajstić information content (AvgIpc) is 3.17. The summed E-state index contributed by atoms with van der Waals surface area (Å²) in [6, 6.07) is 59.2. The molecule has 0 N–H and O–H groups in total. The van der Waals surface area contributed by atoms with Crippen LogP contribution in [-0.4, -0.2) is 0 Å². The number of hydrogen-bond acceptors (Lipinski definition) is 0. The normalized spacial score (nSPS) is 12.6. The van der Waals surface area contributed by atoms with E-state index in [-0.39, 0.29) is 0 Å². The van der Waals surface area contributed by atoms with Crippen LogP contribution in [-0.2, 0) is 0 Å². The lowest BCUT2D eigenvalue weighted by molar-refractivity contribution is 1.60. The second-order valence-corrected chi connectivity index (χ2v) is 13.5. The predicted molar refractivity (Wildman–Crippen MR) is 208 cm³/mol. The van der Waals surface area contributed by atoms with Crippen molar-refractivity contribution in [2.75, 3.05) is 0 Å². The zero-order valence-corrected chi connectivity index (χ0v) is 26.0. The second-order valence-electron chi connectivity index (χ2n) is 13.5. The maximum Gasteiger partial charge on any atom is -0.000718 e. The van der Waals surface area contributed by atoms with Gasteiger partial charge in [0.25, 0.3) is 0 Å². The Bertz CT molecular complexity index is 3260. The maximum atomic E-state index is 2.41. The highest BCUT2D eigenvalue weighted by Gasteiger charge is 2.25. The van der Waals surface area contributed by atoms with Gasteiger partial charge in [-0.05, 0) is 119 Å². The Kier molecular flexibility index (Phi) is 4.55. The summed E-state index contributed by atoms with van der Waals surface area (Å²) in [5.41, 5.74) is 5.05. The van der Waals surface area contributed by atoms with Gasteiger partial charge in [-0.1, -0.05) is 158 Å². The number of hydrogen-bond donors (Lipinski definition) is 0. The molecular formula is C48H26. The zero-order valence-electron chi connectivity index (χ0n) is 26.0. The molecule has 0 saturated carbocycles. The fraction of sp³-hybridized carbons (Fsp3) is 0. The molecule has 0 atom stereocenters. The van der Waals surface area contributed by atoms with Crippen LogP contribution in [0.1, 0.15) is 0 Å². The van der Waals surface area contributed by atoms with E-state index in [2.05, 4.69) is 158 Å². The molecule has 0 heteroatoms. The van der Waals surface area contributed by atoms with Crippen LogP contribution in [0, 0.1) is 0 Å². The highest BCUT2D eigenvalue weighted by atomic mass is 14.3. The van der Waals surface area contributed by atoms with Gasteiger partial charge in [-0.15, -0.1) is 0 Å². The van der Waals surface area contributed by atoms with Crippen molar-refractivity contribution in [2.45, 2.75) is 0 Å². The standard InChI is InChI=1S/C48H26/c1-2-11-27(12-3-1)28-13-4-5-14-29(28)32-17-8-19-34-38-25-26-39-35-20-9-18-33-30-15-6-7-16-31(30)37-23-24-40-36-21-10-22-41(42(32)34)44(36)46(38)48(39)47(40)45(37)43(33)35/h1-26H. The second kappa shape index (κ2) is 8.76. The van der Waals surface area contributed by atoms with Crippen molar-refractivity contribution >= 4 is 97.0 Å². The van der Waals surface area contributed by atoms with Crippen molar-refractivity contribution in [1.82, 2.24) is 0 Å². The minimum absolute atomic E-state index is 1.24. The Morgan fingerprint density at radius 2 is 0.521 bits per heavy atom. The molecule has 0 unspecified atom stereocenters. The van der Waals surface area contributed by atoms with E-state index in [0.717, 1.165) is 0 Å². The molecule has 12 aromatic carbocycles. The Morgan fingerprint density at radius 3 is 1.15 bits per heavy atom. The van der Waals surface area contributed by atoms with Gasteiger partial charge in [0.05, 0.1) is 0 Å². The van der Waals surface area contributed by atoms with E-state index in [1.54, 1.807) is 0 Å². The van der Waals surface area contributed by atoms with Crippen LogP contribution in [0.25, 0.3) is 119 Å². The van der Waals surface area contributed by atoms with Crippen molar-refractivity contribution in [3.05, 3.63) is 158 Å². The van der Waals surface area contributed by atoms with Crippen molar-refractivity contribution in [2.24, 2.45) is 0 Å². The molecular weight excluding hydrogens is 577 g/mol. The predicted octanol–water partition coefficient (Wildman–Crippen LogP) is 13.7. The molecule has 0 nitrogen and oxygen atoms in total. The summed E-state index contributed by atoms with van der Waals surface area (Å²) >= 11 is 0. The minimum Gasteiger partial charge on any atom is -0.0622 e. The van der Waals surface area contributed by atoms with Crippen LogP contribution in [0.4, 0.5) is 0 Å². The summed E-state index contributed by atoms with van der Waals surface area (Å²) in [7, 11) is 0. The summed E-state index contributed by atoms with van der Waals surface area (Å²) < 4.78 is 0. The van der Waals surface area contributed by atoms with Gasteiger partial charge in [-0.2, -0.15) is 0 Å². The van der Waals surface area contributed by atoms with Crippen molar-refractivity contribution in [1.29, 1.82) is 0 Å². The Labute approximate surface area is 276 Å². The van der Waals surface area contributed by atoms with Crippen LogP contribution < -0.4 is 0 Å². The van der Waals surface area contributed by atoms with Crippen molar-refractivity contribution in [3.63, 3.8) is 0 Å². The van der Waals surface area contributed by atoms with Gasteiger partial charge in [-0.25, -0.2) is 0 Å². The molecule has 12 aromatic rings. The molecule has 0 aliphatic heterocycles. The first-order valence-corrected chi connectivity index (χ1v) is 16.9. The van der Waals surface area contributed by atoms with Gasteiger partial charge in [0.1, 0.15) is 0 Å². The fourth-order valence-electron chi connectivity index (χ4n) is 9.50. The highest BCUT2D eigenvalue weighted by molar-refractivity contribution is 6.51. The van der Waals surface area contributed by atoms with Gasteiger partial charge in [0.15, 0.2) is 0 Å². The largest absolute Gasteiger partial charge is 0.0622 e. The van der Waals surface area contributed by atoms with Crippen LogP contribution in [0.5, 0.6) is 0 Å². The lowest BCUT2D eigenvalue weighted by Crippen LogP contribution is -1.96. The van der Waals surface area contributed by atoms with E-state index in [0.29, 0.717) is 0 Å². The van der Waals surface area contributed by atoms with Gasteiger partial charge < -0.3 is 0 Å². The summed E-state index contributed by atoms with van der Waals surface area (Å²) in [5, 5.41) is 24.5. The molecule has 218 valence electrons. The molecule has 0 saturated heterocycles. The first-order chi connectivity index (χ1) is 23.9. The van der Waals surface area contributed by atoms with Crippen molar-refractivity contribution in [3.8, 4) is 22.3 Å². The summed E-state index contributed by atoms with van der Waals surface area (Å²) in [6.07, 6.45) is 0.